The van der Waals surface area contributed by atoms with E-state index in [1.54, 1.807) is 0 Å². The first-order chi connectivity index (χ1) is 8.70. The highest BCUT2D eigenvalue weighted by Gasteiger charge is 2.01. The lowest BCUT2D eigenvalue weighted by Gasteiger charge is -2.08. The second-order valence-electron chi connectivity index (χ2n) is 2.67. The molecule has 2 N–H and O–H groups in total. The van der Waals surface area contributed by atoms with E-state index in [1.807, 2.05) is 0 Å². The summed E-state index contributed by atoms with van der Waals surface area (Å²) in [6.07, 6.45) is 2.80. The van der Waals surface area contributed by atoms with Crippen molar-refractivity contribution < 1.29 is 9.47 Å². The third-order valence-electron chi connectivity index (χ3n) is 1.41. The molecule has 0 unspecified atom stereocenters. The first kappa shape index (κ1) is 17.6. The van der Waals surface area contributed by atoms with E-state index in [2.05, 4.69) is 23.8 Å². The Morgan fingerprint density at radius 2 is 1.33 bits per heavy atom. The molecule has 18 heavy (non-hydrogen) atoms. The van der Waals surface area contributed by atoms with Crippen molar-refractivity contribution in [2.24, 2.45) is 0 Å². The maximum absolute atomic E-state index is 5.10. The van der Waals surface area contributed by atoms with E-state index in [0.29, 0.717) is 34.9 Å². The molecule has 0 radical (unpaired) electrons. The van der Waals surface area contributed by atoms with Gasteiger partial charge in [-0.05, 0) is 21.6 Å². The summed E-state index contributed by atoms with van der Waals surface area (Å²) in [5.41, 5.74) is 0. The van der Waals surface area contributed by atoms with Crippen molar-refractivity contribution in [2.75, 3.05) is 26.3 Å². The van der Waals surface area contributed by atoms with E-state index in [1.165, 1.54) is 34.1 Å². The van der Waals surface area contributed by atoms with Gasteiger partial charge in [0, 0.05) is 0 Å². The number of nitrogens with one attached hydrogen (secondary N) is 2. The fourth-order valence-electron chi connectivity index (χ4n) is 0.725. The van der Waals surface area contributed by atoms with Crippen LogP contribution in [0.4, 0.5) is 0 Å². The van der Waals surface area contributed by atoms with Gasteiger partial charge in [-0.1, -0.05) is 37.6 Å². The maximum atomic E-state index is 5.10. The Labute approximate surface area is 126 Å². The molecule has 0 saturated heterocycles. The van der Waals surface area contributed by atoms with Gasteiger partial charge >= 0.3 is 0 Å². The van der Waals surface area contributed by atoms with Crippen LogP contribution in [0.2, 0.25) is 0 Å². The fourth-order valence-corrected chi connectivity index (χ4v) is 2.82. The van der Waals surface area contributed by atoms with Gasteiger partial charge < -0.3 is 20.1 Å². The molecule has 0 aromatic carbocycles. The molecule has 0 fully saturated rings. The van der Waals surface area contributed by atoms with Gasteiger partial charge in [0.05, 0.1) is 25.6 Å². The zero-order chi connectivity index (χ0) is 13.6. The largest absolute Gasteiger partial charge is 0.500 e. The van der Waals surface area contributed by atoms with E-state index >= 15 is 0 Å². The third kappa shape index (κ3) is 12.0. The number of hydrogen-bond acceptors (Lipinski definition) is 6. The summed E-state index contributed by atoms with van der Waals surface area (Å²) in [4.78, 5) is 0. The lowest BCUT2D eigenvalue weighted by Crippen LogP contribution is -2.24. The number of thiocarbonyl (C=S) groups is 2. The van der Waals surface area contributed by atoms with Gasteiger partial charge in [0.25, 0.3) is 0 Å². The van der Waals surface area contributed by atoms with E-state index in [4.69, 9.17) is 33.9 Å². The summed E-state index contributed by atoms with van der Waals surface area (Å²) in [6.45, 7) is 9.25. The van der Waals surface area contributed by atoms with Crippen molar-refractivity contribution in [2.45, 2.75) is 0 Å². The Balaban J connectivity index is 3.44. The molecule has 0 spiro atoms. The van der Waals surface area contributed by atoms with Crippen molar-refractivity contribution >= 4 is 54.7 Å². The topological polar surface area (TPSA) is 42.5 Å². The minimum Gasteiger partial charge on any atom is -0.500 e. The van der Waals surface area contributed by atoms with Gasteiger partial charge in [-0.2, -0.15) is 0 Å². The van der Waals surface area contributed by atoms with Crippen LogP contribution in [-0.4, -0.2) is 34.9 Å². The van der Waals surface area contributed by atoms with Gasteiger partial charge in [0.2, 0.25) is 0 Å². The van der Waals surface area contributed by atoms with Crippen LogP contribution in [0, 0.1) is 0 Å². The standard InChI is InChI=1S/C10H16N2O2S4/c1-3-13-7-5-11-9(15)17-18-10(16)12-6-8-14-4-2/h3-4H,1-2,5-8H2,(H,11,15)(H,12,16). The predicted octanol–water partition coefficient (Wildman–Crippen LogP) is 2.44. The minimum absolute atomic E-state index is 0.538. The van der Waals surface area contributed by atoms with E-state index in [9.17, 15) is 0 Å². The van der Waals surface area contributed by atoms with E-state index in [0.717, 1.165) is 0 Å². The molecule has 0 aromatic rings. The molecule has 0 bridgehead atoms. The lowest BCUT2D eigenvalue weighted by atomic mass is 10.7. The number of ether oxygens (including phenoxy) is 2. The molecule has 0 aliphatic rings. The number of hydrogen-bond donors (Lipinski definition) is 2. The van der Waals surface area contributed by atoms with Gasteiger partial charge in [-0.3, -0.25) is 0 Å². The Bertz CT molecular complexity index is 259. The molecule has 0 aromatic heterocycles. The van der Waals surface area contributed by atoms with Gasteiger partial charge in [0.1, 0.15) is 21.9 Å². The molecular weight excluding hydrogens is 308 g/mol. The molecule has 0 amide bonds. The zero-order valence-corrected chi connectivity index (χ0v) is 13.1. The second kappa shape index (κ2) is 13.0. The highest BCUT2D eigenvalue weighted by atomic mass is 33.1. The fraction of sp³-hybridized carbons (Fsp3) is 0.400. The molecule has 0 aliphatic heterocycles. The quantitative estimate of drug-likeness (QED) is 0.305. The Kier molecular flexibility index (Phi) is 12.7. The molecule has 8 heteroatoms. The zero-order valence-electron chi connectivity index (χ0n) is 9.85. The number of rotatable bonds is 8. The van der Waals surface area contributed by atoms with Gasteiger partial charge in [-0.15, -0.1) is 0 Å². The second-order valence-corrected chi connectivity index (χ2v) is 6.15. The van der Waals surface area contributed by atoms with Crippen LogP contribution in [0.1, 0.15) is 0 Å². The van der Waals surface area contributed by atoms with Crippen LogP contribution in [0.3, 0.4) is 0 Å². The van der Waals surface area contributed by atoms with Crippen LogP contribution >= 0.6 is 46.0 Å². The van der Waals surface area contributed by atoms with Crippen molar-refractivity contribution in [3.63, 3.8) is 0 Å². The van der Waals surface area contributed by atoms with Gasteiger partial charge in [-0.25, -0.2) is 0 Å². The summed E-state index contributed by atoms with van der Waals surface area (Å²) in [5.74, 6) is 0. The SMILES string of the molecule is C=COCCNC(=S)SSC(=S)NCCOC=C. The molecule has 0 heterocycles. The normalized spacial score (nSPS) is 9.11. The summed E-state index contributed by atoms with van der Waals surface area (Å²) in [7, 11) is 2.79. The third-order valence-corrected chi connectivity index (χ3v) is 4.75. The minimum atomic E-state index is 0.538. The molecular formula is C10H16N2O2S4. The molecule has 4 nitrogen and oxygen atoms in total. The van der Waals surface area contributed by atoms with Gasteiger partial charge in [0.15, 0.2) is 0 Å². The van der Waals surface area contributed by atoms with Crippen molar-refractivity contribution in [3.05, 3.63) is 25.7 Å². The Morgan fingerprint density at radius 1 is 0.944 bits per heavy atom. The monoisotopic (exact) mass is 324 g/mol. The summed E-state index contributed by atoms with van der Waals surface area (Å²) in [5, 5.41) is 6.05. The van der Waals surface area contributed by atoms with Crippen molar-refractivity contribution in [1.29, 1.82) is 0 Å². The average molecular weight is 325 g/mol. The maximum Gasteiger partial charge on any atom is 0.144 e. The van der Waals surface area contributed by atoms with Crippen molar-refractivity contribution in [1.82, 2.24) is 10.6 Å². The molecule has 102 valence electrons. The Hall–Kier alpha value is -0.440. The molecule has 0 rings (SSSR count). The smallest absolute Gasteiger partial charge is 0.144 e. The van der Waals surface area contributed by atoms with Crippen LogP contribution in [0.15, 0.2) is 25.7 Å². The summed E-state index contributed by atoms with van der Waals surface area (Å²) in [6, 6.07) is 0. The Morgan fingerprint density at radius 3 is 1.67 bits per heavy atom. The highest BCUT2D eigenvalue weighted by Crippen LogP contribution is 2.22. The first-order valence-corrected chi connectivity index (χ1v) is 8.02. The van der Waals surface area contributed by atoms with Crippen LogP contribution < -0.4 is 10.6 Å². The first-order valence-electron chi connectivity index (χ1n) is 5.06. The molecule has 0 saturated carbocycles. The summed E-state index contributed by atoms with van der Waals surface area (Å²) >= 11 is 10.2. The van der Waals surface area contributed by atoms with Crippen LogP contribution in [-0.2, 0) is 9.47 Å². The lowest BCUT2D eigenvalue weighted by molar-refractivity contribution is 0.256. The summed E-state index contributed by atoms with van der Waals surface area (Å²) < 4.78 is 11.2. The molecule has 0 atom stereocenters. The average Bonchev–Trinajstić information content (AvgIpc) is 2.37. The highest BCUT2D eigenvalue weighted by molar-refractivity contribution is 8.89. The van der Waals surface area contributed by atoms with Crippen molar-refractivity contribution in [3.8, 4) is 0 Å². The van der Waals surface area contributed by atoms with Crippen LogP contribution in [0.25, 0.3) is 0 Å². The van der Waals surface area contributed by atoms with E-state index in [-0.39, 0.29) is 0 Å². The predicted molar refractivity (Wildman–Crippen MR) is 88.7 cm³/mol. The van der Waals surface area contributed by atoms with E-state index < -0.39 is 0 Å². The van der Waals surface area contributed by atoms with Crippen LogP contribution in [0.5, 0.6) is 0 Å². The molecule has 0 aliphatic carbocycles.